The molecule has 0 saturated heterocycles. The quantitative estimate of drug-likeness (QED) is 0.307. The minimum Gasteiger partial charge on any atom is -0.497 e. The van der Waals surface area contributed by atoms with Crippen molar-refractivity contribution >= 4 is 35.0 Å². The molecule has 4 rings (SSSR count). The number of nitrogens with zero attached hydrogens (tertiary/aromatic N) is 4. The maximum Gasteiger partial charge on any atom is 0.196 e. The number of hydrogen-bond acceptors (Lipinski definition) is 5. The third kappa shape index (κ3) is 4.54. The van der Waals surface area contributed by atoms with Gasteiger partial charge in [-0.3, -0.25) is 4.57 Å². The highest BCUT2D eigenvalue weighted by atomic mass is 35.5. The predicted octanol–water partition coefficient (Wildman–Crippen LogP) is 6.41. The second-order valence-electron chi connectivity index (χ2n) is 6.53. The number of ether oxygens (including phenoxy) is 1. The summed E-state index contributed by atoms with van der Waals surface area (Å²) >= 11 is 13.9. The molecule has 3 aromatic carbocycles. The van der Waals surface area contributed by atoms with Gasteiger partial charge in [0.25, 0.3) is 0 Å². The van der Waals surface area contributed by atoms with Gasteiger partial charge in [0.05, 0.1) is 34.5 Å². The van der Waals surface area contributed by atoms with Crippen LogP contribution in [0.25, 0.3) is 17.1 Å². The van der Waals surface area contributed by atoms with E-state index in [1.54, 1.807) is 19.2 Å². The van der Waals surface area contributed by atoms with Gasteiger partial charge in [0, 0.05) is 11.3 Å². The van der Waals surface area contributed by atoms with Crippen molar-refractivity contribution in [2.45, 2.75) is 10.9 Å². The molecule has 0 atom stereocenters. The van der Waals surface area contributed by atoms with Crippen molar-refractivity contribution in [2.24, 2.45) is 0 Å². The smallest absolute Gasteiger partial charge is 0.196 e. The van der Waals surface area contributed by atoms with Gasteiger partial charge in [-0.15, -0.1) is 10.2 Å². The van der Waals surface area contributed by atoms with Crippen molar-refractivity contribution in [3.05, 3.63) is 87.9 Å². The molecule has 0 fully saturated rings. The van der Waals surface area contributed by atoms with Gasteiger partial charge in [0.2, 0.25) is 0 Å². The Kier molecular flexibility index (Phi) is 6.47. The molecule has 0 saturated carbocycles. The molecule has 1 aromatic heterocycles. The molecular formula is C23H16Cl2N4OS. The Balaban J connectivity index is 1.76. The van der Waals surface area contributed by atoms with Gasteiger partial charge >= 0.3 is 0 Å². The van der Waals surface area contributed by atoms with E-state index in [0.29, 0.717) is 32.3 Å². The van der Waals surface area contributed by atoms with E-state index in [1.807, 2.05) is 59.2 Å². The fourth-order valence-electron chi connectivity index (χ4n) is 3.04. The lowest BCUT2D eigenvalue weighted by molar-refractivity contribution is 0.415. The molecule has 0 N–H and O–H groups in total. The zero-order chi connectivity index (χ0) is 21.8. The maximum atomic E-state index is 9.37. The minimum atomic E-state index is 0.444. The first kappa shape index (κ1) is 21.3. The Morgan fingerprint density at radius 1 is 1.00 bits per heavy atom. The summed E-state index contributed by atoms with van der Waals surface area (Å²) in [4.78, 5) is 0. The molecular weight excluding hydrogens is 451 g/mol. The van der Waals surface area contributed by atoms with Crippen LogP contribution in [0.4, 0.5) is 0 Å². The molecule has 0 bridgehead atoms. The SMILES string of the molecule is COc1ccc(-c2nnc(SCc3ccccc3C#N)n2-c2ccc(Cl)c(Cl)c2)cc1. The van der Waals surface area contributed by atoms with E-state index in [2.05, 4.69) is 16.3 Å². The van der Waals surface area contributed by atoms with Crippen molar-refractivity contribution in [3.63, 3.8) is 0 Å². The fourth-order valence-corrected chi connectivity index (χ4v) is 4.29. The van der Waals surface area contributed by atoms with E-state index >= 15 is 0 Å². The largest absolute Gasteiger partial charge is 0.497 e. The summed E-state index contributed by atoms with van der Waals surface area (Å²) in [5.41, 5.74) is 3.25. The van der Waals surface area contributed by atoms with Gasteiger partial charge in [-0.1, -0.05) is 53.2 Å². The van der Waals surface area contributed by atoms with Crippen molar-refractivity contribution in [1.29, 1.82) is 5.26 Å². The summed E-state index contributed by atoms with van der Waals surface area (Å²) in [6, 6.07) is 22.8. The zero-order valence-electron chi connectivity index (χ0n) is 16.4. The fraction of sp³-hybridized carbons (Fsp3) is 0.0870. The molecule has 31 heavy (non-hydrogen) atoms. The summed E-state index contributed by atoms with van der Waals surface area (Å²) in [5, 5.41) is 19.8. The predicted molar refractivity (Wildman–Crippen MR) is 124 cm³/mol. The number of halogens is 2. The van der Waals surface area contributed by atoms with E-state index in [4.69, 9.17) is 27.9 Å². The second-order valence-corrected chi connectivity index (χ2v) is 8.28. The molecule has 154 valence electrons. The third-order valence-corrected chi connectivity index (χ3v) is 6.35. The Bertz CT molecular complexity index is 1270. The van der Waals surface area contributed by atoms with Crippen molar-refractivity contribution in [1.82, 2.24) is 14.8 Å². The van der Waals surface area contributed by atoms with Gasteiger partial charge < -0.3 is 4.74 Å². The molecule has 0 aliphatic rings. The summed E-state index contributed by atoms with van der Waals surface area (Å²) < 4.78 is 7.19. The average molecular weight is 467 g/mol. The maximum absolute atomic E-state index is 9.37. The van der Waals surface area contributed by atoms with Gasteiger partial charge in [0.1, 0.15) is 5.75 Å². The molecule has 0 spiro atoms. The Labute approximate surface area is 194 Å². The minimum absolute atomic E-state index is 0.444. The van der Waals surface area contributed by atoms with Crippen LogP contribution in [0.1, 0.15) is 11.1 Å². The Morgan fingerprint density at radius 2 is 1.77 bits per heavy atom. The molecule has 0 aliphatic carbocycles. The number of thioether (sulfide) groups is 1. The van der Waals surface area contributed by atoms with E-state index in [1.165, 1.54) is 11.8 Å². The second kappa shape index (κ2) is 9.44. The first-order valence-electron chi connectivity index (χ1n) is 9.27. The van der Waals surface area contributed by atoms with Crippen molar-refractivity contribution in [2.75, 3.05) is 7.11 Å². The van der Waals surface area contributed by atoms with Crippen LogP contribution in [0.2, 0.25) is 10.0 Å². The molecule has 1 heterocycles. The van der Waals surface area contributed by atoms with Crippen LogP contribution in [0.3, 0.4) is 0 Å². The third-order valence-electron chi connectivity index (χ3n) is 4.64. The normalized spacial score (nSPS) is 10.6. The van der Waals surface area contributed by atoms with E-state index in [-0.39, 0.29) is 0 Å². The Hall–Kier alpha value is -2.98. The van der Waals surface area contributed by atoms with Crippen LogP contribution < -0.4 is 4.74 Å². The van der Waals surface area contributed by atoms with Crippen molar-refractivity contribution < 1.29 is 4.74 Å². The summed E-state index contributed by atoms with van der Waals surface area (Å²) in [6.45, 7) is 0. The monoisotopic (exact) mass is 466 g/mol. The van der Waals surface area contributed by atoms with Crippen LogP contribution >= 0.6 is 35.0 Å². The summed E-state index contributed by atoms with van der Waals surface area (Å²) in [6.07, 6.45) is 0. The standard InChI is InChI=1S/C23H16Cl2N4OS/c1-30-19-9-6-15(7-10-19)22-27-28-23(29(22)18-8-11-20(24)21(25)12-18)31-14-17-5-3-2-4-16(17)13-26/h2-12H,14H2,1H3. The number of methoxy groups -OCH3 is 1. The highest BCUT2D eigenvalue weighted by Gasteiger charge is 2.18. The number of hydrogen-bond donors (Lipinski definition) is 0. The van der Waals surface area contributed by atoms with Crippen LogP contribution in [-0.2, 0) is 5.75 Å². The molecule has 0 aliphatic heterocycles. The Morgan fingerprint density at radius 3 is 2.48 bits per heavy atom. The molecule has 4 aromatic rings. The van der Waals surface area contributed by atoms with Crippen LogP contribution in [0.5, 0.6) is 5.75 Å². The van der Waals surface area contributed by atoms with Gasteiger partial charge in [-0.2, -0.15) is 5.26 Å². The molecule has 0 radical (unpaired) electrons. The van der Waals surface area contributed by atoms with Crippen LogP contribution in [0.15, 0.2) is 71.9 Å². The zero-order valence-corrected chi connectivity index (χ0v) is 18.7. The molecule has 8 heteroatoms. The molecule has 0 amide bonds. The first-order chi connectivity index (χ1) is 15.1. The van der Waals surface area contributed by atoms with E-state index in [0.717, 1.165) is 22.6 Å². The highest BCUT2D eigenvalue weighted by Crippen LogP contribution is 2.33. The topological polar surface area (TPSA) is 63.7 Å². The van der Waals surface area contributed by atoms with Crippen molar-refractivity contribution in [3.8, 4) is 28.9 Å². The van der Waals surface area contributed by atoms with Gasteiger partial charge in [-0.05, 0) is 54.1 Å². The molecule has 5 nitrogen and oxygen atoms in total. The lowest BCUT2D eigenvalue weighted by atomic mass is 10.1. The number of benzene rings is 3. The number of nitriles is 1. The lowest BCUT2D eigenvalue weighted by Gasteiger charge is -2.12. The van der Waals surface area contributed by atoms with E-state index < -0.39 is 0 Å². The van der Waals surface area contributed by atoms with Gasteiger partial charge in [-0.25, -0.2) is 0 Å². The summed E-state index contributed by atoms with van der Waals surface area (Å²) in [5.74, 6) is 2.00. The first-order valence-corrected chi connectivity index (χ1v) is 11.0. The number of aromatic nitrogens is 3. The average Bonchev–Trinajstić information content (AvgIpc) is 3.23. The number of rotatable bonds is 6. The van der Waals surface area contributed by atoms with Gasteiger partial charge in [0.15, 0.2) is 11.0 Å². The van der Waals surface area contributed by atoms with Crippen LogP contribution in [0, 0.1) is 11.3 Å². The van der Waals surface area contributed by atoms with E-state index in [9.17, 15) is 5.26 Å². The summed E-state index contributed by atoms with van der Waals surface area (Å²) in [7, 11) is 1.63. The van der Waals surface area contributed by atoms with Crippen LogP contribution in [-0.4, -0.2) is 21.9 Å². The molecule has 0 unspecified atom stereocenters. The highest BCUT2D eigenvalue weighted by molar-refractivity contribution is 7.98. The lowest BCUT2D eigenvalue weighted by Crippen LogP contribution is -2.00.